The third kappa shape index (κ3) is 1.58. The van der Waals surface area contributed by atoms with Gasteiger partial charge in [0.15, 0.2) is 5.03 Å². The second-order valence-corrected chi connectivity index (χ2v) is 2.20. The summed E-state index contributed by atoms with van der Waals surface area (Å²) in [6.07, 6.45) is 1.40. The van der Waals surface area contributed by atoms with Crippen LogP contribution in [0.5, 0.6) is 0 Å². The lowest BCUT2D eigenvalue weighted by atomic mass is 10.5. The third-order valence-electron chi connectivity index (χ3n) is 1.12. The highest BCUT2D eigenvalue weighted by Gasteiger charge is 2.21. The molecule has 0 amide bonds. The Morgan fingerprint density at radius 3 is 3.00 bits per heavy atom. The van der Waals surface area contributed by atoms with E-state index in [9.17, 15) is 10.1 Å². The van der Waals surface area contributed by atoms with E-state index in [1.165, 1.54) is 6.08 Å². The lowest BCUT2D eigenvalue weighted by Gasteiger charge is -2.13. The van der Waals surface area contributed by atoms with Gasteiger partial charge in [0.25, 0.3) is 5.96 Å². The fraction of sp³-hybridized carbons (Fsp3) is 0.250. The van der Waals surface area contributed by atoms with Crippen molar-refractivity contribution in [3.63, 3.8) is 0 Å². The summed E-state index contributed by atoms with van der Waals surface area (Å²) in [5, 5.41) is 10.4. The number of nitrogens with two attached hydrogens (primary N) is 1. The summed E-state index contributed by atoms with van der Waals surface area (Å²) in [6, 6.07) is 0. The van der Waals surface area contributed by atoms with E-state index < -0.39 is 5.03 Å². The van der Waals surface area contributed by atoms with E-state index in [4.69, 9.17) is 17.3 Å². The van der Waals surface area contributed by atoms with Crippen LogP contribution in [-0.4, -0.2) is 22.5 Å². The first-order valence-corrected chi connectivity index (χ1v) is 3.10. The Morgan fingerprint density at radius 1 is 1.91 bits per heavy atom. The van der Waals surface area contributed by atoms with Gasteiger partial charge in [0, 0.05) is 0 Å². The van der Waals surface area contributed by atoms with Gasteiger partial charge in [0.2, 0.25) is 0 Å². The highest BCUT2D eigenvalue weighted by atomic mass is 35.5. The molecule has 1 rings (SSSR count). The van der Waals surface area contributed by atoms with Gasteiger partial charge in [-0.15, -0.1) is 0 Å². The van der Waals surface area contributed by atoms with Crippen LogP contribution in [0, 0.1) is 10.1 Å². The van der Waals surface area contributed by atoms with Gasteiger partial charge in [-0.25, -0.2) is 10.1 Å². The minimum Gasteiger partial charge on any atom is -0.365 e. The van der Waals surface area contributed by atoms with Gasteiger partial charge in [-0.05, 0) is 6.08 Å². The van der Waals surface area contributed by atoms with Crippen LogP contribution >= 0.6 is 11.6 Å². The smallest absolute Gasteiger partial charge is 0.261 e. The fourth-order valence-corrected chi connectivity index (χ4v) is 0.774. The van der Waals surface area contributed by atoms with Crippen molar-refractivity contribution in [1.29, 1.82) is 0 Å². The van der Waals surface area contributed by atoms with Crippen molar-refractivity contribution in [2.24, 2.45) is 10.7 Å². The van der Waals surface area contributed by atoms with Gasteiger partial charge >= 0.3 is 0 Å². The highest BCUT2D eigenvalue weighted by Crippen LogP contribution is 2.08. The van der Waals surface area contributed by atoms with Gasteiger partial charge in [-0.1, -0.05) is 16.6 Å². The van der Waals surface area contributed by atoms with Gasteiger partial charge in [0.05, 0.1) is 0 Å². The summed E-state index contributed by atoms with van der Waals surface area (Å²) < 4.78 is 0. The molecule has 0 fully saturated rings. The monoisotopic (exact) mass is 176 g/mol. The molecule has 0 aromatic carbocycles. The number of hydrazine groups is 1. The first-order valence-electron chi connectivity index (χ1n) is 2.73. The Kier molecular flexibility index (Phi) is 1.95. The van der Waals surface area contributed by atoms with Crippen molar-refractivity contribution in [1.82, 2.24) is 5.01 Å². The summed E-state index contributed by atoms with van der Waals surface area (Å²) in [4.78, 5) is 13.7. The zero-order valence-electron chi connectivity index (χ0n) is 5.40. The number of halogens is 1. The van der Waals surface area contributed by atoms with Crippen LogP contribution in [0.2, 0.25) is 0 Å². The Balaban J connectivity index is 2.80. The number of nitro groups is 1. The molecule has 0 aromatic rings. The minimum atomic E-state index is -0.640. The van der Waals surface area contributed by atoms with E-state index in [1.807, 2.05) is 0 Å². The molecule has 1 aliphatic rings. The first-order chi connectivity index (χ1) is 5.11. The molecule has 60 valence electrons. The van der Waals surface area contributed by atoms with Gasteiger partial charge < -0.3 is 5.73 Å². The Hall–Kier alpha value is -1.30. The average Bonchev–Trinajstić information content (AvgIpc) is 1.85. The predicted octanol–water partition coefficient (Wildman–Crippen LogP) is -0.111. The molecule has 0 radical (unpaired) electrons. The number of guanidine groups is 1. The molecule has 6 nitrogen and oxygen atoms in total. The van der Waals surface area contributed by atoms with E-state index in [2.05, 4.69) is 4.99 Å². The topological polar surface area (TPSA) is 84.8 Å². The van der Waals surface area contributed by atoms with E-state index in [-0.39, 0.29) is 17.7 Å². The van der Waals surface area contributed by atoms with Crippen molar-refractivity contribution in [3.05, 3.63) is 21.3 Å². The number of aliphatic imine (C=N–C) groups is 1. The quantitative estimate of drug-likeness (QED) is 0.343. The number of nitrogens with zero attached hydrogens (tertiary/aromatic N) is 3. The van der Waals surface area contributed by atoms with E-state index >= 15 is 0 Å². The molecule has 7 heteroatoms. The lowest BCUT2D eigenvalue weighted by molar-refractivity contribution is -0.627. The predicted molar refractivity (Wildman–Crippen MR) is 39.3 cm³/mol. The van der Waals surface area contributed by atoms with Crippen LogP contribution in [-0.2, 0) is 0 Å². The Labute approximate surface area is 67.1 Å². The molecule has 0 saturated heterocycles. The van der Waals surface area contributed by atoms with Crippen LogP contribution in [0.3, 0.4) is 0 Å². The van der Waals surface area contributed by atoms with Crippen LogP contribution < -0.4 is 5.73 Å². The molecule has 0 aromatic heterocycles. The maximum Gasteiger partial charge on any atom is 0.261 e. The van der Waals surface area contributed by atoms with Crippen molar-refractivity contribution in [3.8, 4) is 0 Å². The van der Waals surface area contributed by atoms with Crippen LogP contribution in [0.4, 0.5) is 0 Å². The second-order valence-electron chi connectivity index (χ2n) is 1.82. The molecule has 0 saturated carbocycles. The molecule has 0 aliphatic carbocycles. The SMILES string of the molecule is NC1=NC(Cl)=CCN1[N+](=O)[O-]. The fourth-order valence-electron chi connectivity index (χ4n) is 0.618. The summed E-state index contributed by atoms with van der Waals surface area (Å²) in [5.74, 6) is -0.192. The second kappa shape index (κ2) is 2.75. The molecule has 1 heterocycles. The molecular weight excluding hydrogens is 172 g/mol. The van der Waals surface area contributed by atoms with Gasteiger partial charge in [0.1, 0.15) is 11.7 Å². The third-order valence-corrected chi connectivity index (χ3v) is 1.35. The number of hydrogen-bond donors (Lipinski definition) is 1. The molecule has 0 bridgehead atoms. The van der Waals surface area contributed by atoms with Crippen LogP contribution in [0.15, 0.2) is 16.2 Å². The van der Waals surface area contributed by atoms with Crippen molar-refractivity contribution in [2.75, 3.05) is 6.54 Å². The van der Waals surface area contributed by atoms with E-state index in [0.29, 0.717) is 5.01 Å². The molecule has 0 atom stereocenters. The molecule has 0 unspecified atom stereocenters. The summed E-state index contributed by atoms with van der Waals surface area (Å²) in [7, 11) is 0. The van der Waals surface area contributed by atoms with E-state index in [0.717, 1.165) is 0 Å². The zero-order valence-corrected chi connectivity index (χ0v) is 6.15. The Bertz CT molecular complexity index is 248. The zero-order chi connectivity index (χ0) is 8.43. The van der Waals surface area contributed by atoms with Crippen molar-refractivity contribution in [2.45, 2.75) is 0 Å². The van der Waals surface area contributed by atoms with Crippen molar-refractivity contribution >= 4 is 17.6 Å². The number of hydrogen-bond acceptors (Lipinski definition) is 4. The Morgan fingerprint density at radius 2 is 2.55 bits per heavy atom. The molecular formula is C4H5ClN4O2. The summed E-state index contributed by atoms with van der Waals surface area (Å²) in [5.41, 5.74) is 5.18. The minimum absolute atomic E-state index is 0.0567. The highest BCUT2D eigenvalue weighted by molar-refractivity contribution is 6.30. The summed E-state index contributed by atoms with van der Waals surface area (Å²) >= 11 is 5.43. The first kappa shape index (κ1) is 7.80. The maximum atomic E-state index is 10.2. The van der Waals surface area contributed by atoms with Gasteiger partial charge in [-0.3, -0.25) is 0 Å². The van der Waals surface area contributed by atoms with Gasteiger partial charge in [-0.2, -0.15) is 4.99 Å². The molecule has 1 aliphatic heterocycles. The van der Waals surface area contributed by atoms with Crippen LogP contribution in [0.1, 0.15) is 0 Å². The van der Waals surface area contributed by atoms with E-state index in [1.54, 1.807) is 0 Å². The maximum absolute atomic E-state index is 10.2. The largest absolute Gasteiger partial charge is 0.365 e. The van der Waals surface area contributed by atoms with Crippen molar-refractivity contribution < 1.29 is 5.03 Å². The normalized spacial score (nSPS) is 17.4. The molecule has 11 heavy (non-hydrogen) atoms. The number of rotatable bonds is 1. The summed E-state index contributed by atoms with van der Waals surface area (Å²) in [6.45, 7) is 0.0567. The molecule has 0 spiro atoms. The van der Waals surface area contributed by atoms with Crippen LogP contribution in [0.25, 0.3) is 0 Å². The average molecular weight is 177 g/mol. The standard InChI is InChI=1S/C4H5ClN4O2/c5-3-1-2-8(9(10)11)4(6)7-3/h1H,2H2,(H2,6,7). The molecule has 2 N–H and O–H groups in total. The lowest BCUT2D eigenvalue weighted by Crippen LogP contribution is -2.43.